The zero-order valence-electron chi connectivity index (χ0n) is 20.0. The maximum absolute atomic E-state index is 13.4. The number of sulfonamides is 1. The fraction of sp³-hybridized carbons (Fsp3) is 0.269. The summed E-state index contributed by atoms with van der Waals surface area (Å²) in [5.41, 5.74) is 3.52. The molecule has 1 amide bonds. The van der Waals surface area contributed by atoms with Gasteiger partial charge in [-0.3, -0.25) is 4.79 Å². The van der Waals surface area contributed by atoms with Crippen molar-refractivity contribution in [2.75, 3.05) is 19.5 Å². The highest BCUT2D eigenvalue weighted by Gasteiger charge is 2.28. The number of carbonyl (C=O) groups excluding carboxylic acids is 1. The fourth-order valence-corrected chi connectivity index (χ4v) is 5.67. The Balaban J connectivity index is 1.93. The number of aryl methyl sites for hydroxylation is 3. The highest BCUT2D eigenvalue weighted by molar-refractivity contribution is 7.89. The molecule has 3 aromatic rings. The Kier molecular flexibility index (Phi) is 7.96. The standard InChI is InChI=1S/C26H30N2O5S/c1-17-13-18(2)25(19(3)14-17)34(30,31)28-22(15-20-9-7-6-8-10-20)26(29)27-21-11-12-23(32-4)24(16-21)33-5/h6-14,16,22,28H,15H2,1-5H3,(H,27,29)/t22-/m0/s1. The van der Waals surface area contributed by atoms with Crippen LogP contribution in [0.5, 0.6) is 11.5 Å². The van der Waals surface area contributed by atoms with Crippen LogP contribution in [0.1, 0.15) is 22.3 Å². The summed E-state index contributed by atoms with van der Waals surface area (Å²) in [5.74, 6) is 0.487. The summed E-state index contributed by atoms with van der Waals surface area (Å²) in [5, 5.41) is 2.80. The second-order valence-corrected chi connectivity index (χ2v) is 9.80. The van der Waals surface area contributed by atoms with Gasteiger partial charge in [-0.25, -0.2) is 8.42 Å². The second kappa shape index (κ2) is 10.7. The van der Waals surface area contributed by atoms with Crippen LogP contribution >= 0.6 is 0 Å². The van der Waals surface area contributed by atoms with E-state index < -0.39 is 22.0 Å². The molecule has 0 radical (unpaired) electrons. The normalized spacial score (nSPS) is 12.1. The lowest BCUT2D eigenvalue weighted by atomic mass is 10.1. The van der Waals surface area contributed by atoms with Crippen LogP contribution < -0.4 is 19.5 Å². The van der Waals surface area contributed by atoms with Crippen molar-refractivity contribution < 1.29 is 22.7 Å². The SMILES string of the molecule is COc1ccc(NC(=O)[C@H](Cc2ccccc2)NS(=O)(=O)c2c(C)cc(C)cc2C)cc1OC. The minimum atomic E-state index is -3.97. The molecule has 0 saturated heterocycles. The van der Waals surface area contributed by atoms with Crippen molar-refractivity contribution in [3.8, 4) is 11.5 Å². The van der Waals surface area contributed by atoms with Crippen molar-refractivity contribution in [3.63, 3.8) is 0 Å². The van der Waals surface area contributed by atoms with Crippen molar-refractivity contribution in [3.05, 3.63) is 82.9 Å². The summed E-state index contributed by atoms with van der Waals surface area (Å²) in [7, 11) is -0.948. The third-order valence-electron chi connectivity index (χ3n) is 5.42. The first-order chi connectivity index (χ1) is 16.1. The number of carbonyl (C=O) groups is 1. The smallest absolute Gasteiger partial charge is 0.242 e. The lowest BCUT2D eigenvalue weighted by molar-refractivity contribution is -0.117. The minimum absolute atomic E-state index is 0.184. The van der Waals surface area contributed by atoms with Gasteiger partial charge in [0, 0.05) is 11.8 Å². The molecule has 3 rings (SSSR count). The Labute approximate surface area is 201 Å². The number of benzene rings is 3. The summed E-state index contributed by atoms with van der Waals surface area (Å²) in [4.78, 5) is 13.5. The van der Waals surface area contributed by atoms with Crippen molar-refractivity contribution in [1.29, 1.82) is 0 Å². The summed E-state index contributed by atoms with van der Waals surface area (Å²) in [6.07, 6.45) is 0.184. The number of anilines is 1. The molecule has 180 valence electrons. The van der Waals surface area contributed by atoms with E-state index in [1.165, 1.54) is 14.2 Å². The zero-order chi connectivity index (χ0) is 24.9. The molecular formula is C26H30N2O5S. The van der Waals surface area contributed by atoms with Gasteiger partial charge in [-0.15, -0.1) is 0 Å². The summed E-state index contributed by atoms with van der Waals surface area (Å²) >= 11 is 0. The molecule has 0 spiro atoms. The van der Waals surface area contributed by atoms with Crippen LogP contribution in [0.25, 0.3) is 0 Å². The van der Waals surface area contributed by atoms with Crippen LogP contribution in [-0.4, -0.2) is 34.6 Å². The van der Waals surface area contributed by atoms with Gasteiger partial charge < -0.3 is 14.8 Å². The molecule has 0 aromatic heterocycles. The van der Waals surface area contributed by atoms with Crippen molar-refractivity contribution in [1.82, 2.24) is 4.72 Å². The number of rotatable bonds is 9. The molecule has 0 saturated carbocycles. The third kappa shape index (κ3) is 5.95. The van der Waals surface area contributed by atoms with Gasteiger partial charge >= 0.3 is 0 Å². The summed E-state index contributed by atoms with van der Waals surface area (Å²) in [6, 6.07) is 16.8. The molecule has 1 atom stereocenters. The molecule has 0 fully saturated rings. The molecule has 8 heteroatoms. The molecule has 0 bridgehead atoms. The third-order valence-corrected chi connectivity index (χ3v) is 7.20. The average molecular weight is 483 g/mol. The molecular weight excluding hydrogens is 452 g/mol. The highest BCUT2D eigenvalue weighted by atomic mass is 32.2. The molecule has 0 aliphatic carbocycles. The van der Waals surface area contributed by atoms with E-state index in [-0.39, 0.29) is 11.3 Å². The Bertz CT molecular complexity index is 1250. The predicted octanol–water partition coefficient (Wildman–Crippen LogP) is 4.16. The largest absolute Gasteiger partial charge is 0.493 e. The monoisotopic (exact) mass is 482 g/mol. The van der Waals surface area contributed by atoms with Crippen LogP contribution in [0.15, 0.2) is 65.6 Å². The minimum Gasteiger partial charge on any atom is -0.493 e. The van der Waals surface area contributed by atoms with Gasteiger partial charge in [-0.05, 0) is 56.0 Å². The van der Waals surface area contributed by atoms with Crippen LogP contribution in [0, 0.1) is 20.8 Å². The quantitative estimate of drug-likeness (QED) is 0.478. The maximum atomic E-state index is 13.4. The fourth-order valence-electron chi connectivity index (χ4n) is 4.02. The zero-order valence-corrected chi connectivity index (χ0v) is 20.8. The molecule has 0 aliphatic heterocycles. The molecule has 0 heterocycles. The van der Waals surface area contributed by atoms with E-state index in [1.54, 1.807) is 32.0 Å². The number of amides is 1. The van der Waals surface area contributed by atoms with Gasteiger partial charge in [0.2, 0.25) is 15.9 Å². The van der Waals surface area contributed by atoms with E-state index in [0.717, 1.165) is 11.1 Å². The second-order valence-electron chi connectivity index (χ2n) is 8.15. The highest BCUT2D eigenvalue weighted by Crippen LogP contribution is 2.30. The topological polar surface area (TPSA) is 93.7 Å². The number of methoxy groups -OCH3 is 2. The van der Waals surface area contributed by atoms with Crippen LogP contribution in [-0.2, 0) is 21.2 Å². The van der Waals surface area contributed by atoms with Crippen molar-refractivity contribution in [2.24, 2.45) is 0 Å². The van der Waals surface area contributed by atoms with E-state index >= 15 is 0 Å². The molecule has 0 unspecified atom stereocenters. The molecule has 2 N–H and O–H groups in total. The average Bonchev–Trinajstić information content (AvgIpc) is 2.78. The van der Waals surface area contributed by atoms with Crippen molar-refractivity contribution in [2.45, 2.75) is 38.1 Å². The maximum Gasteiger partial charge on any atom is 0.242 e. The van der Waals surface area contributed by atoms with E-state index in [9.17, 15) is 13.2 Å². The van der Waals surface area contributed by atoms with Crippen LogP contribution in [0.4, 0.5) is 5.69 Å². The Morgan fingerprint density at radius 3 is 2.09 bits per heavy atom. The number of hydrogen-bond donors (Lipinski definition) is 2. The Morgan fingerprint density at radius 1 is 0.882 bits per heavy atom. The van der Waals surface area contributed by atoms with E-state index in [2.05, 4.69) is 10.0 Å². The molecule has 7 nitrogen and oxygen atoms in total. The number of ether oxygens (including phenoxy) is 2. The first-order valence-corrected chi connectivity index (χ1v) is 12.3. The van der Waals surface area contributed by atoms with Crippen LogP contribution in [0.3, 0.4) is 0 Å². The lowest BCUT2D eigenvalue weighted by Gasteiger charge is -2.21. The van der Waals surface area contributed by atoms with Gasteiger partial charge in [0.15, 0.2) is 11.5 Å². The Hall–Kier alpha value is -3.36. The van der Waals surface area contributed by atoms with Gasteiger partial charge in [-0.2, -0.15) is 4.72 Å². The first kappa shape index (κ1) is 25.3. The van der Waals surface area contributed by atoms with E-state index in [0.29, 0.717) is 28.3 Å². The predicted molar refractivity (Wildman–Crippen MR) is 133 cm³/mol. The molecule has 3 aromatic carbocycles. The van der Waals surface area contributed by atoms with Gasteiger partial charge in [0.1, 0.15) is 6.04 Å². The van der Waals surface area contributed by atoms with Gasteiger partial charge in [-0.1, -0.05) is 48.0 Å². The first-order valence-electron chi connectivity index (χ1n) is 10.8. The van der Waals surface area contributed by atoms with E-state index in [4.69, 9.17) is 9.47 Å². The summed E-state index contributed by atoms with van der Waals surface area (Å²) < 4.78 is 40.0. The van der Waals surface area contributed by atoms with E-state index in [1.807, 2.05) is 49.4 Å². The lowest BCUT2D eigenvalue weighted by Crippen LogP contribution is -2.45. The Morgan fingerprint density at radius 2 is 1.50 bits per heavy atom. The molecule has 0 aliphatic rings. The van der Waals surface area contributed by atoms with Crippen molar-refractivity contribution >= 4 is 21.6 Å². The summed E-state index contributed by atoms with van der Waals surface area (Å²) in [6.45, 7) is 5.42. The van der Waals surface area contributed by atoms with Gasteiger partial charge in [0.05, 0.1) is 19.1 Å². The molecule has 34 heavy (non-hydrogen) atoms. The van der Waals surface area contributed by atoms with Crippen LogP contribution in [0.2, 0.25) is 0 Å². The number of nitrogens with one attached hydrogen (secondary N) is 2. The number of hydrogen-bond acceptors (Lipinski definition) is 5. The van der Waals surface area contributed by atoms with Gasteiger partial charge in [0.25, 0.3) is 0 Å².